The summed E-state index contributed by atoms with van der Waals surface area (Å²) in [5.41, 5.74) is 0. The normalized spacial score (nSPS) is 22.2. The van der Waals surface area contributed by atoms with Crippen LogP contribution in [0.25, 0.3) is 0 Å². The lowest BCUT2D eigenvalue weighted by atomic mass is 10.0. The van der Waals surface area contributed by atoms with E-state index >= 15 is 0 Å². The van der Waals surface area contributed by atoms with Crippen LogP contribution in [0.1, 0.15) is 52.9 Å². The van der Waals surface area contributed by atoms with Gasteiger partial charge >= 0.3 is 6.03 Å². The first-order chi connectivity index (χ1) is 8.99. The van der Waals surface area contributed by atoms with Gasteiger partial charge in [-0.2, -0.15) is 0 Å². The highest BCUT2D eigenvalue weighted by Gasteiger charge is 2.26. The van der Waals surface area contributed by atoms with E-state index in [1.165, 1.54) is 0 Å². The van der Waals surface area contributed by atoms with Gasteiger partial charge in [-0.15, -0.1) is 0 Å². The summed E-state index contributed by atoms with van der Waals surface area (Å²) >= 11 is 0. The van der Waals surface area contributed by atoms with Crippen molar-refractivity contribution in [3.63, 3.8) is 0 Å². The topological polar surface area (TPSA) is 70.2 Å². The predicted octanol–water partition coefficient (Wildman–Crippen LogP) is 1.78. The van der Waals surface area contributed by atoms with Gasteiger partial charge in [-0.1, -0.05) is 26.7 Å². The van der Waals surface area contributed by atoms with E-state index in [0.29, 0.717) is 12.3 Å². The highest BCUT2D eigenvalue weighted by atomic mass is 16.2. The Balaban J connectivity index is 1.99. The largest absolute Gasteiger partial charge is 0.356 e. The minimum Gasteiger partial charge on any atom is -0.356 e. The minimum absolute atomic E-state index is 0.0643. The molecule has 3 N–H and O–H groups in total. The average molecular weight is 269 g/mol. The summed E-state index contributed by atoms with van der Waals surface area (Å²) < 4.78 is 0. The van der Waals surface area contributed by atoms with Gasteiger partial charge in [0.05, 0.1) is 6.04 Å². The summed E-state index contributed by atoms with van der Waals surface area (Å²) in [6.07, 6.45) is 4.60. The zero-order valence-corrected chi connectivity index (χ0v) is 12.3. The number of hydrogen-bond donors (Lipinski definition) is 3. The Morgan fingerprint density at radius 2 is 2.00 bits per heavy atom. The van der Waals surface area contributed by atoms with Crippen LogP contribution in [0, 0.1) is 5.92 Å². The molecule has 1 saturated heterocycles. The molecule has 1 heterocycles. The Morgan fingerprint density at radius 1 is 1.26 bits per heavy atom. The van der Waals surface area contributed by atoms with Crippen molar-refractivity contribution in [1.29, 1.82) is 0 Å². The standard InChI is InChI=1S/C14H27N3O2/c1-10(2)9-15-13(18)8-6-4-5-7-12-11(3)16-14(19)17-12/h10-12H,4-9H2,1-3H3,(H,15,18)(H2,16,17,19)/t11-,12+/m0/s1. The third-order valence-electron chi connectivity index (χ3n) is 3.41. The minimum atomic E-state index is -0.0643. The van der Waals surface area contributed by atoms with Crippen molar-refractivity contribution in [3.05, 3.63) is 0 Å². The SMILES string of the molecule is CC(C)CNC(=O)CCCCC[C@H]1NC(=O)N[C@H]1C. The van der Waals surface area contributed by atoms with Crippen LogP contribution in [0.4, 0.5) is 4.79 Å². The Labute approximate surface area is 115 Å². The Morgan fingerprint density at radius 3 is 2.58 bits per heavy atom. The predicted molar refractivity (Wildman–Crippen MR) is 75.9 cm³/mol. The zero-order chi connectivity index (χ0) is 14.3. The fourth-order valence-corrected chi connectivity index (χ4v) is 2.20. The van der Waals surface area contributed by atoms with Gasteiger partial charge in [-0.05, 0) is 25.7 Å². The van der Waals surface area contributed by atoms with Crippen LogP contribution in [0.3, 0.4) is 0 Å². The molecule has 3 amide bonds. The molecule has 1 fully saturated rings. The van der Waals surface area contributed by atoms with Crippen LogP contribution in [0.15, 0.2) is 0 Å². The summed E-state index contributed by atoms with van der Waals surface area (Å²) in [4.78, 5) is 22.6. The molecule has 19 heavy (non-hydrogen) atoms. The summed E-state index contributed by atoms with van der Waals surface area (Å²) in [6.45, 7) is 6.95. The lowest BCUT2D eigenvalue weighted by Crippen LogP contribution is -2.30. The average Bonchev–Trinajstić information content (AvgIpc) is 2.65. The fourth-order valence-electron chi connectivity index (χ4n) is 2.20. The lowest BCUT2D eigenvalue weighted by molar-refractivity contribution is -0.121. The third-order valence-corrected chi connectivity index (χ3v) is 3.41. The van der Waals surface area contributed by atoms with Crippen molar-refractivity contribution >= 4 is 11.9 Å². The Hall–Kier alpha value is -1.26. The van der Waals surface area contributed by atoms with E-state index in [1.807, 2.05) is 6.92 Å². The molecule has 0 aliphatic carbocycles. The summed E-state index contributed by atoms with van der Waals surface area (Å²) in [7, 11) is 0. The molecule has 1 aliphatic heterocycles. The Kier molecular flexibility index (Phi) is 6.67. The molecular weight excluding hydrogens is 242 g/mol. The van der Waals surface area contributed by atoms with Crippen molar-refractivity contribution < 1.29 is 9.59 Å². The van der Waals surface area contributed by atoms with Gasteiger partial charge in [-0.25, -0.2) is 4.79 Å². The van der Waals surface area contributed by atoms with Crippen molar-refractivity contribution in [2.75, 3.05) is 6.54 Å². The van der Waals surface area contributed by atoms with Crippen molar-refractivity contribution in [2.45, 2.75) is 65.0 Å². The van der Waals surface area contributed by atoms with Gasteiger partial charge in [0.1, 0.15) is 0 Å². The molecular formula is C14H27N3O2. The van der Waals surface area contributed by atoms with E-state index in [4.69, 9.17) is 0 Å². The number of amides is 3. The third kappa shape index (κ3) is 6.45. The number of nitrogens with one attached hydrogen (secondary N) is 3. The number of rotatable bonds is 8. The number of urea groups is 1. The van der Waals surface area contributed by atoms with Crippen molar-refractivity contribution in [3.8, 4) is 0 Å². The molecule has 110 valence electrons. The van der Waals surface area contributed by atoms with Gasteiger partial charge in [0.15, 0.2) is 0 Å². The molecule has 2 atom stereocenters. The van der Waals surface area contributed by atoms with E-state index in [-0.39, 0.29) is 24.0 Å². The second-order valence-electron chi connectivity index (χ2n) is 5.81. The van der Waals surface area contributed by atoms with Gasteiger partial charge < -0.3 is 16.0 Å². The van der Waals surface area contributed by atoms with Gasteiger partial charge in [0.2, 0.25) is 5.91 Å². The second-order valence-corrected chi connectivity index (χ2v) is 5.81. The van der Waals surface area contributed by atoms with Crippen LogP contribution < -0.4 is 16.0 Å². The molecule has 0 bridgehead atoms. The van der Waals surface area contributed by atoms with Gasteiger partial charge in [-0.3, -0.25) is 4.79 Å². The molecule has 0 aromatic rings. The van der Waals surface area contributed by atoms with Crippen LogP contribution in [0.2, 0.25) is 0 Å². The zero-order valence-electron chi connectivity index (χ0n) is 12.3. The van der Waals surface area contributed by atoms with E-state index in [9.17, 15) is 9.59 Å². The van der Waals surface area contributed by atoms with E-state index < -0.39 is 0 Å². The smallest absolute Gasteiger partial charge is 0.315 e. The molecule has 1 aliphatic rings. The van der Waals surface area contributed by atoms with Crippen LogP contribution in [-0.4, -0.2) is 30.6 Å². The number of hydrogen-bond acceptors (Lipinski definition) is 2. The number of carbonyl (C=O) groups excluding carboxylic acids is 2. The molecule has 0 unspecified atom stereocenters. The molecule has 0 spiro atoms. The summed E-state index contributed by atoms with van der Waals surface area (Å²) in [5, 5.41) is 8.67. The quantitative estimate of drug-likeness (QED) is 0.588. The van der Waals surface area contributed by atoms with Gasteiger partial charge in [0, 0.05) is 19.0 Å². The molecule has 5 heteroatoms. The van der Waals surface area contributed by atoms with Crippen LogP contribution in [-0.2, 0) is 4.79 Å². The van der Waals surface area contributed by atoms with Crippen LogP contribution in [0.5, 0.6) is 0 Å². The molecule has 0 aromatic heterocycles. The first-order valence-corrected chi connectivity index (χ1v) is 7.32. The molecule has 0 radical (unpaired) electrons. The summed E-state index contributed by atoms with van der Waals surface area (Å²) in [5.74, 6) is 0.654. The first-order valence-electron chi connectivity index (χ1n) is 7.32. The molecule has 5 nitrogen and oxygen atoms in total. The maximum atomic E-state index is 11.5. The van der Waals surface area contributed by atoms with E-state index in [1.54, 1.807) is 0 Å². The number of carbonyl (C=O) groups is 2. The maximum Gasteiger partial charge on any atom is 0.315 e. The van der Waals surface area contributed by atoms with E-state index in [0.717, 1.165) is 32.2 Å². The summed E-state index contributed by atoms with van der Waals surface area (Å²) in [6, 6.07) is 0.384. The molecule has 1 rings (SSSR count). The Bertz CT molecular complexity index is 305. The fraction of sp³-hybridized carbons (Fsp3) is 0.857. The first kappa shape index (κ1) is 15.8. The maximum absolute atomic E-state index is 11.5. The second kappa shape index (κ2) is 8.02. The molecule has 0 saturated carbocycles. The van der Waals surface area contributed by atoms with Crippen molar-refractivity contribution in [2.24, 2.45) is 5.92 Å². The molecule has 0 aromatic carbocycles. The van der Waals surface area contributed by atoms with Crippen molar-refractivity contribution in [1.82, 2.24) is 16.0 Å². The van der Waals surface area contributed by atoms with Gasteiger partial charge in [0.25, 0.3) is 0 Å². The number of unbranched alkanes of at least 4 members (excludes halogenated alkanes) is 2. The lowest BCUT2D eigenvalue weighted by Gasteiger charge is -2.13. The monoisotopic (exact) mass is 269 g/mol. The van der Waals surface area contributed by atoms with Crippen LogP contribution >= 0.6 is 0 Å². The van der Waals surface area contributed by atoms with E-state index in [2.05, 4.69) is 29.8 Å². The highest BCUT2D eigenvalue weighted by Crippen LogP contribution is 2.11. The highest BCUT2D eigenvalue weighted by molar-refractivity contribution is 5.77.